The molecule has 0 unspecified atom stereocenters. The molecule has 2 fully saturated rings. The van der Waals surface area contributed by atoms with Gasteiger partial charge in [0.15, 0.2) is 0 Å². The summed E-state index contributed by atoms with van der Waals surface area (Å²) >= 11 is 0. The van der Waals surface area contributed by atoms with E-state index in [4.69, 9.17) is 10.7 Å². The zero-order chi connectivity index (χ0) is 28.0. The Morgan fingerprint density at radius 1 is 1.10 bits per heavy atom. The molecule has 0 spiro atoms. The Hall–Kier alpha value is -4.52. The molecule has 2 saturated heterocycles. The van der Waals surface area contributed by atoms with E-state index in [2.05, 4.69) is 20.6 Å². The maximum atomic E-state index is 13.0. The molecule has 10 nitrogen and oxygen atoms in total. The number of carbonyl (C=O) groups is 2. The monoisotopic (exact) mass is 550 g/mol. The van der Waals surface area contributed by atoms with Crippen LogP contribution in [0.3, 0.4) is 0 Å². The fraction of sp³-hybridized carbons (Fsp3) is 0.296. The number of nitrogens with two attached hydrogens (primary N) is 1. The van der Waals surface area contributed by atoms with Crippen molar-refractivity contribution in [2.45, 2.75) is 31.0 Å². The third-order valence-electron chi connectivity index (χ3n) is 7.41. The SMILES string of the molecule is Nc1nccn2c([C@H]3CC[C@@H]4CNCC(=O)N4C3)nc(-c3ccc(C(=O)Nc4cc(C(F)(F)F)ccn4)cc3)c12. The van der Waals surface area contributed by atoms with Gasteiger partial charge in [-0.05, 0) is 37.1 Å². The first kappa shape index (κ1) is 25.7. The molecular formula is C27H25F3N8O2. The first-order chi connectivity index (χ1) is 19.2. The van der Waals surface area contributed by atoms with Crippen molar-refractivity contribution in [1.82, 2.24) is 29.6 Å². The smallest absolute Gasteiger partial charge is 0.382 e. The van der Waals surface area contributed by atoms with Crippen LogP contribution in [0.25, 0.3) is 16.8 Å². The van der Waals surface area contributed by atoms with Crippen molar-refractivity contribution < 1.29 is 22.8 Å². The number of hydrogen-bond acceptors (Lipinski definition) is 7. The average Bonchev–Trinajstić information content (AvgIpc) is 3.34. The highest BCUT2D eigenvalue weighted by atomic mass is 19.4. The number of fused-ring (bicyclic) bond motifs is 2. The Morgan fingerprint density at radius 2 is 1.90 bits per heavy atom. The van der Waals surface area contributed by atoms with E-state index in [0.29, 0.717) is 35.7 Å². The number of piperazine rings is 1. The van der Waals surface area contributed by atoms with Crippen molar-refractivity contribution in [3.8, 4) is 11.3 Å². The maximum Gasteiger partial charge on any atom is 0.416 e. The Morgan fingerprint density at radius 3 is 2.67 bits per heavy atom. The van der Waals surface area contributed by atoms with Crippen LogP contribution in [0, 0.1) is 0 Å². The summed E-state index contributed by atoms with van der Waals surface area (Å²) in [5, 5.41) is 5.58. The number of rotatable bonds is 4. The van der Waals surface area contributed by atoms with Gasteiger partial charge in [-0.2, -0.15) is 13.2 Å². The number of piperidine rings is 1. The number of halogens is 3. The van der Waals surface area contributed by atoms with Gasteiger partial charge in [0.2, 0.25) is 5.91 Å². The number of alkyl halides is 3. The zero-order valence-electron chi connectivity index (χ0n) is 21.2. The minimum atomic E-state index is -4.55. The first-order valence-electron chi connectivity index (χ1n) is 12.8. The molecule has 2 atom stereocenters. The second-order valence-corrected chi connectivity index (χ2v) is 9.91. The van der Waals surface area contributed by atoms with Crippen molar-refractivity contribution in [2.75, 3.05) is 30.7 Å². The molecule has 2 amide bonds. The lowest BCUT2D eigenvalue weighted by atomic mass is 9.91. The normalized spacial score (nSPS) is 19.5. The summed E-state index contributed by atoms with van der Waals surface area (Å²) in [4.78, 5) is 40.2. The van der Waals surface area contributed by atoms with Gasteiger partial charge < -0.3 is 21.3 Å². The van der Waals surface area contributed by atoms with E-state index in [-0.39, 0.29) is 29.2 Å². The number of nitrogens with zero attached hydrogens (tertiary/aromatic N) is 5. The van der Waals surface area contributed by atoms with Gasteiger partial charge in [-0.3, -0.25) is 14.0 Å². The minimum Gasteiger partial charge on any atom is -0.382 e. The molecule has 13 heteroatoms. The number of pyridine rings is 1. The van der Waals surface area contributed by atoms with Crippen LogP contribution in [-0.2, 0) is 11.0 Å². The highest BCUT2D eigenvalue weighted by Crippen LogP contribution is 2.36. The van der Waals surface area contributed by atoms with Crippen molar-refractivity contribution in [3.05, 3.63) is 71.9 Å². The number of benzene rings is 1. The lowest BCUT2D eigenvalue weighted by Gasteiger charge is -2.42. The third kappa shape index (κ3) is 4.72. The number of nitrogens with one attached hydrogen (secondary N) is 2. The first-order valence-corrected chi connectivity index (χ1v) is 12.8. The lowest BCUT2D eigenvalue weighted by molar-refractivity contribution is -0.138. The van der Waals surface area contributed by atoms with Gasteiger partial charge >= 0.3 is 6.18 Å². The van der Waals surface area contributed by atoms with Crippen LogP contribution in [0.5, 0.6) is 0 Å². The predicted octanol–water partition coefficient (Wildman–Crippen LogP) is 3.32. The molecular weight excluding hydrogens is 525 g/mol. The zero-order valence-corrected chi connectivity index (χ0v) is 21.2. The van der Waals surface area contributed by atoms with Gasteiger partial charge in [0.25, 0.3) is 5.91 Å². The van der Waals surface area contributed by atoms with Crippen molar-refractivity contribution in [1.29, 1.82) is 0 Å². The molecule has 6 rings (SSSR count). The van der Waals surface area contributed by atoms with Crippen LogP contribution in [0.1, 0.15) is 40.5 Å². The van der Waals surface area contributed by atoms with E-state index in [1.54, 1.807) is 36.7 Å². The third-order valence-corrected chi connectivity index (χ3v) is 7.41. The van der Waals surface area contributed by atoms with Crippen LogP contribution in [0.4, 0.5) is 24.8 Å². The number of nitrogen functional groups attached to an aromatic ring is 1. The van der Waals surface area contributed by atoms with E-state index in [0.717, 1.165) is 43.5 Å². The Bertz CT molecular complexity index is 1600. The van der Waals surface area contributed by atoms with Crippen LogP contribution in [-0.4, -0.2) is 61.7 Å². The van der Waals surface area contributed by atoms with Crippen molar-refractivity contribution in [2.24, 2.45) is 0 Å². The molecule has 0 radical (unpaired) electrons. The number of imidazole rings is 1. The molecule has 206 valence electrons. The van der Waals surface area contributed by atoms with E-state index < -0.39 is 17.6 Å². The lowest BCUT2D eigenvalue weighted by Crippen LogP contribution is -2.57. The van der Waals surface area contributed by atoms with E-state index in [9.17, 15) is 22.8 Å². The summed E-state index contributed by atoms with van der Waals surface area (Å²) in [7, 11) is 0. The molecule has 2 aliphatic heterocycles. The molecule has 3 aromatic heterocycles. The second kappa shape index (κ2) is 9.90. The van der Waals surface area contributed by atoms with Crippen LogP contribution in [0.2, 0.25) is 0 Å². The maximum absolute atomic E-state index is 13.0. The van der Waals surface area contributed by atoms with Crippen LogP contribution >= 0.6 is 0 Å². The topological polar surface area (TPSA) is 131 Å². The number of carbonyl (C=O) groups excluding carboxylic acids is 2. The summed E-state index contributed by atoms with van der Waals surface area (Å²) in [6, 6.07) is 8.30. The van der Waals surface area contributed by atoms with Crippen molar-refractivity contribution in [3.63, 3.8) is 0 Å². The number of amides is 2. The summed E-state index contributed by atoms with van der Waals surface area (Å²) < 4.78 is 40.9. The van der Waals surface area contributed by atoms with Gasteiger partial charge in [-0.15, -0.1) is 0 Å². The molecule has 0 aliphatic carbocycles. The molecule has 5 heterocycles. The molecule has 4 N–H and O–H groups in total. The highest BCUT2D eigenvalue weighted by molar-refractivity contribution is 6.04. The molecule has 4 aromatic rings. The number of hydrogen-bond donors (Lipinski definition) is 3. The Labute approximate surface area is 226 Å². The van der Waals surface area contributed by atoms with Gasteiger partial charge in [0.05, 0.1) is 12.1 Å². The standard InChI is InChI=1S/C27H25F3N8O2/c28-27(29,30)18-7-8-33-20(11-18)35-26(40)16-3-1-15(2-4-16)22-23-24(31)34-9-10-37(23)25(36-22)17-5-6-19-12-32-13-21(39)38(19)14-17/h1-4,7-11,17,19,32H,5-6,12-14H2,(H2,31,34)(H,33,35,40)/t17-,19+/m0/s1. The van der Waals surface area contributed by atoms with Gasteiger partial charge in [-0.1, -0.05) is 12.1 Å². The summed E-state index contributed by atoms with van der Waals surface area (Å²) in [6.07, 6.45) is 1.57. The highest BCUT2D eigenvalue weighted by Gasteiger charge is 2.36. The van der Waals surface area contributed by atoms with E-state index in [1.807, 2.05) is 9.30 Å². The van der Waals surface area contributed by atoms with Crippen LogP contribution in [0.15, 0.2) is 55.0 Å². The molecule has 0 bridgehead atoms. The molecule has 2 aliphatic rings. The quantitative estimate of drug-likeness (QED) is 0.355. The summed E-state index contributed by atoms with van der Waals surface area (Å²) in [5.74, 6) is 0.350. The molecule has 1 aromatic carbocycles. The average molecular weight is 551 g/mol. The number of aromatic nitrogens is 4. The largest absolute Gasteiger partial charge is 0.416 e. The summed E-state index contributed by atoms with van der Waals surface area (Å²) in [6.45, 7) is 1.68. The Balaban J connectivity index is 1.28. The fourth-order valence-corrected chi connectivity index (χ4v) is 5.42. The van der Waals surface area contributed by atoms with Crippen LogP contribution < -0.4 is 16.4 Å². The van der Waals surface area contributed by atoms with Gasteiger partial charge in [0, 0.05) is 54.8 Å². The minimum absolute atomic E-state index is 0.00589. The second-order valence-electron chi connectivity index (χ2n) is 9.91. The fourth-order valence-electron chi connectivity index (χ4n) is 5.42. The van der Waals surface area contributed by atoms with Gasteiger partial charge in [-0.25, -0.2) is 15.0 Å². The van der Waals surface area contributed by atoms with E-state index >= 15 is 0 Å². The van der Waals surface area contributed by atoms with Crippen molar-refractivity contribution >= 4 is 29.0 Å². The molecule has 40 heavy (non-hydrogen) atoms. The Kier molecular flexibility index (Phi) is 6.37. The summed E-state index contributed by atoms with van der Waals surface area (Å²) in [5.41, 5.74) is 7.49. The molecule has 0 saturated carbocycles. The number of anilines is 2. The predicted molar refractivity (Wildman–Crippen MR) is 140 cm³/mol. The van der Waals surface area contributed by atoms with Gasteiger partial charge in [0.1, 0.15) is 28.7 Å². The van der Waals surface area contributed by atoms with E-state index in [1.165, 1.54) is 0 Å².